The number of allylic oxidation sites excluding steroid dienone is 2. The first-order valence-corrected chi connectivity index (χ1v) is 12.7. The van der Waals surface area contributed by atoms with Crippen molar-refractivity contribution in [2.75, 3.05) is 6.61 Å². The average molecular weight is 367 g/mol. The topological polar surface area (TPSA) is 47.9 Å². The summed E-state index contributed by atoms with van der Waals surface area (Å²) in [5, 5.41) is 11.3. The minimum atomic E-state index is -1.87. The monoisotopic (exact) mass is 366 g/mol. The van der Waals surface area contributed by atoms with Crippen molar-refractivity contribution in [1.82, 2.24) is 0 Å². The lowest BCUT2D eigenvalue weighted by Crippen LogP contribution is -2.51. The molecule has 142 valence electrons. The number of aliphatic hydroxyl groups excluding tert-OH is 1. The fraction of sp³-hybridized carbons (Fsp3) is 0.900. The van der Waals surface area contributed by atoms with Crippen molar-refractivity contribution in [3.63, 3.8) is 0 Å². The molecule has 7 atom stereocenters. The van der Waals surface area contributed by atoms with E-state index in [4.69, 9.17) is 13.9 Å². The van der Waals surface area contributed by atoms with Crippen LogP contribution in [0.3, 0.4) is 0 Å². The Hall–Kier alpha value is -0.203. The lowest BCUT2D eigenvalue weighted by atomic mass is 9.69. The molecule has 0 spiro atoms. The van der Waals surface area contributed by atoms with Crippen LogP contribution < -0.4 is 0 Å². The molecule has 3 aliphatic carbocycles. The molecule has 4 unspecified atom stereocenters. The van der Waals surface area contributed by atoms with E-state index in [1.807, 2.05) is 13.8 Å². The van der Waals surface area contributed by atoms with Crippen molar-refractivity contribution in [3.05, 3.63) is 12.2 Å². The van der Waals surface area contributed by atoms with Crippen LogP contribution in [0.2, 0.25) is 18.1 Å². The summed E-state index contributed by atoms with van der Waals surface area (Å²) < 4.78 is 19.2. The van der Waals surface area contributed by atoms with Gasteiger partial charge in [-0.05, 0) is 50.2 Å². The van der Waals surface area contributed by atoms with Crippen molar-refractivity contribution in [2.45, 2.75) is 83.3 Å². The van der Waals surface area contributed by atoms with Gasteiger partial charge in [-0.1, -0.05) is 32.9 Å². The minimum absolute atomic E-state index is 0.0766. The van der Waals surface area contributed by atoms with E-state index in [1.54, 1.807) is 0 Å². The number of ether oxygens (including phenoxy) is 2. The Kier molecular flexibility index (Phi) is 3.78. The normalized spacial score (nSPS) is 47.4. The fourth-order valence-corrected chi connectivity index (χ4v) is 6.52. The standard InChI is InChI=1S/C20H34O4Si/c1-18(2,3)25(6,7)22-11-20-13-9-8-12(10-13)14(20)15(21)16-17(20)24-19(4,5)23-16/h8-9,12-17,21H,10-11H2,1-7H3/t12?,13?,14?,15?,16-,17-,20-/m1/s1. The highest BCUT2D eigenvalue weighted by Crippen LogP contribution is 2.67. The second-order valence-electron chi connectivity index (χ2n) is 10.6. The maximum Gasteiger partial charge on any atom is 0.192 e. The predicted octanol–water partition coefficient (Wildman–Crippen LogP) is 3.71. The fourth-order valence-electron chi connectivity index (χ4n) is 5.48. The molecule has 1 saturated heterocycles. The Labute approximate surface area is 153 Å². The van der Waals surface area contributed by atoms with Crippen molar-refractivity contribution < 1.29 is 19.0 Å². The van der Waals surface area contributed by atoms with Gasteiger partial charge < -0.3 is 19.0 Å². The van der Waals surface area contributed by atoms with E-state index in [0.29, 0.717) is 18.4 Å². The molecule has 2 saturated carbocycles. The van der Waals surface area contributed by atoms with Crippen LogP contribution in [0.5, 0.6) is 0 Å². The predicted molar refractivity (Wildman–Crippen MR) is 99.6 cm³/mol. The molecule has 0 radical (unpaired) electrons. The SMILES string of the molecule is CC1(C)O[C@@H]2C(O)C3C4C=CC(C4)[C@@]3(CO[Si](C)(C)C(C)(C)C)[C@@H]2O1. The van der Waals surface area contributed by atoms with Crippen molar-refractivity contribution >= 4 is 8.32 Å². The summed E-state index contributed by atoms with van der Waals surface area (Å²) in [6.45, 7) is 16.0. The summed E-state index contributed by atoms with van der Waals surface area (Å²) in [5.41, 5.74) is -0.146. The van der Waals surface area contributed by atoms with E-state index in [9.17, 15) is 5.11 Å². The molecule has 3 fully saturated rings. The maximum atomic E-state index is 11.1. The molecule has 0 aromatic rings. The largest absolute Gasteiger partial charge is 0.416 e. The molecule has 1 N–H and O–H groups in total. The first-order valence-electron chi connectivity index (χ1n) is 9.75. The Balaban J connectivity index is 1.68. The Morgan fingerprint density at radius 1 is 1.20 bits per heavy atom. The van der Waals surface area contributed by atoms with Crippen molar-refractivity contribution in [1.29, 1.82) is 0 Å². The molecule has 1 aliphatic heterocycles. The molecular weight excluding hydrogens is 332 g/mol. The first kappa shape index (κ1) is 18.2. The van der Waals surface area contributed by atoms with Crippen molar-refractivity contribution in [3.8, 4) is 0 Å². The summed E-state index contributed by atoms with van der Waals surface area (Å²) in [6, 6.07) is 0. The third-order valence-corrected chi connectivity index (χ3v) is 12.2. The molecule has 0 aromatic carbocycles. The van der Waals surface area contributed by atoms with Crippen LogP contribution in [0.15, 0.2) is 12.2 Å². The lowest BCUT2D eigenvalue weighted by Gasteiger charge is -2.45. The molecule has 2 bridgehead atoms. The van der Waals surface area contributed by atoms with Crippen LogP contribution in [0, 0.1) is 23.2 Å². The van der Waals surface area contributed by atoms with Crippen LogP contribution in [-0.2, 0) is 13.9 Å². The number of hydrogen-bond donors (Lipinski definition) is 1. The summed E-state index contributed by atoms with van der Waals surface area (Å²) in [6.07, 6.45) is 5.00. The van der Waals surface area contributed by atoms with Gasteiger partial charge >= 0.3 is 0 Å². The average Bonchev–Trinajstić information content (AvgIpc) is 3.17. The molecule has 1 heterocycles. The summed E-state index contributed by atoms with van der Waals surface area (Å²) in [4.78, 5) is 0. The second-order valence-corrected chi connectivity index (χ2v) is 15.4. The number of aliphatic hydroxyl groups is 1. The maximum absolute atomic E-state index is 11.1. The molecule has 4 aliphatic rings. The van der Waals surface area contributed by atoms with E-state index in [2.05, 4.69) is 46.0 Å². The third-order valence-electron chi connectivity index (χ3n) is 7.74. The van der Waals surface area contributed by atoms with Gasteiger partial charge in [0.2, 0.25) is 0 Å². The van der Waals surface area contributed by atoms with Gasteiger partial charge in [0.15, 0.2) is 14.1 Å². The third kappa shape index (κ3) is 2.39. The van der Waals surface area contributed by atoms with Gasteiger partial charge in [0.25, 0.3) is 0 Å². The Bertz CT molecular complexity index is 593. The van der Waals surface area contributed by atoms with Gasteiger partial charge in [-0.15, -0.1) is 0 Å². The highest BCUT2D eigenvalue weighted by atomic mass is 28.4. The molecule has 25 heavy (non-hydrogen) atoms. The van der Waals surface area contributed by atoms with Crippen molar-refractivity contribution in [2.24, 2.45) is 23.2 Å². The van der Waals surface area contributed by atoms with Crippen LogP contribution >= 0.6 is 0 Å². The van der Waals surface area contributed by atoms with Gasteiger partial charge in [0.05, 0.1) is 12.2 Å². The van der Waals surface area contributed by atoms with E-state index in [0.717, 1.165) is 6.42 Å². The molecule has 0 amide bonds. The molecule has 0 aromatic heterocycles. The zero-order valence-corrected chi connectivity index (χ0v) is 17.7. The first-order chi connectivity index (χ1) is 11.4. The van der Waals surface area contributed by atoms with Gasteiger partial charge in [-0.25, -0.2) is 0 Å². The smallest absolute Gasteiger partial charge is 0.192 e. The molecule has 5 heteroatoms. The van der Waals surface area contributed by atoms with E-state index >= 15 is 0 Å². The zero-order chi connectivity index (χ0) is 18.4. The Morgan fingerprint density at radius 3 is 2.52 bits per heavy atom. The van der Waals surface area contributed by atoms with Gasteiger partial charge in [0, 0.05) is 17.9 Å². The van der Waals surface area contributed by atoms with Crippen LogP contribution in [0.4, 0.5) is 0 Å². The summed E-state index contributed by atoms with van der Waals surface area (Å²) in [5.74, 6) is 0.424. The minimum Gasteiger partial charge on any atom is -0.416 e. The van der Waals surface area contributed by atoms with E-state index in [1.165, 1.54) is 0 Å². The van der Waals surface area contributed by atoms with Gasteiger partial charge in [-0.3, -0.25) is 0 Å². The van der Waals surface area contributed by atoms with E-state index in [-0.39, 0.29) is 28.6 Å². The number of fused-ring (bicyclic) bond motifs is 7. The highest BCUT2D eigenvalue weighted by molar-refractivity contribution is 6.74. The number of hydrogen-bond acceptors (Lipinski definition) is 4. The highest BCUT2D eigenvalue weighted by Gasteiger charge is 2.73. The van der Waals surface area contributed by atoms with Gasteiger partial charge in [-0.2, -0.15) is 0 Å². The van der Waals surface area contributed by atoms with Crippen LogP contribution in [-0.4, -0.2) is 44.1 Å². The van der Waals surface area contributed by atoms with Crippen LogP contribution in [0.1, 0.15) is 41.0 Å². The molecular formula is C20H34O4Si. The van der Waals surface area contributed by atoms with E-state index < -0.39 is 20.2 Å². The molecule has 4 nitrogen and oxygen atoms in total. The molecule has 4 rings (SSSR count). The second kappa shape index (κ2) is 5.19. The summed E-state index contributed by atoms with van der Waals surface area (Å²) in [7, 11) is -1.87. The van der Waals surface area contributed by atoms with Gasteiger partial charge in [0.1, 0.15) is 6.10 Å². The zero-order valence-electron chi connectivity index (χ0n) is 16.7. The van der Waals surface area contributed by atoms with Crippen LogP contribution in [0.25, 0.3) is 0 Å². The lowest BCUT2D eigenvalue weighted by molar-refractivity contribution is -0.190. The quantitative estimate of drug-likeness (QED) is 0.611. The number of rotatable bonds is 3. The Morgan fingerprint density at radius 2 is 1.88 bits per heavy atom. The summed E-state index contributed by atoms with van der Waals surface area (Å²) >= 11 is 0.